The molecule has 1 rings (SSSR count). The minimum absolute atomic E-state index is 0.341. The second-order valence-corrected chi connectivity index (χ2v) is 4.76. The molecule has 0 saturated heterocycles. The van der Waals surface area contributed by atoms with Crippen LogP contribution in [0.4, 0.5) is 0 Å². The summed E-state index contributed by atoms with van der Waals surface area (Å²) >= 11 is -1.67. The third-order valence-electron chi connectivity index (χ3n) is 2.50. The van der Waals surface area contributed by atoms with E-state index in [0.717, 1.165) is 19.4 Å². The Morgan fingerprint density at radius 1 is 1.38 bits per heavy atom. The third-order valence-corrected chi connectivity index (χ3v) is 3.13. The Morgan fingerprint density at radius 2 is 2.06 bits per heavy atom. The van der Waals surface area contributed by atoms with Gasteiger partial charge in [0, 0.05) is 6.04 Å². The minimum Gasteiger partial charge on any atom is -0.310 e. The quantitative estimate of drug-likeness (QED) is 0.569. The van der Waals surface area contributed by atoms with Gasteiger partial charge in [0.1, 0.15) is 0 Å². The highest BCUT2D eigenvalue weighted by molar-refractivity contribution is 7.79. The van der Waals surface area contributed by atoms with Crippen LogP contribution < -0.4 is 5.32 Å². The van der Waals surface area contributed by atoms with E-state index >= 15 is 0 Å². The summed E-state index contributed by atoms with van der Waals surface area (Å²) in [5.74, 6) is 0.345. The molecule has 0 fully saturated rings. The summed E-state index contributed by atoms with van der Waals surface area (Å²) < 4.78 is 19.1. The van der Waals surface area contributed by atoms with Gasteiger partial charge in [0.2, 0.25) is 0 Å². The molecule has 0 aliphatic rings. The van der Waals surface area contributed by atoms with E-state index in [1.807, 2.05) is 18.2 Å². The first-order valence-electron chi connectivity index (χ1n) is 5.59. The summed E-state index contributed by atoms with van der Waals surface area (Å²) in [4.78, 5) is 0. The highest BCUT2D eigenvalue weighted by Gasteiger charge is 2.07. The highest BCUT2D eigenvalue weighted by atomic mass is 32.2. The monoisotopic (exact) mass is 241 g/mol. The van der Waals surface area contributed by atoms with Crippen LogP contribution in [-0.2, 0) is 11.1 Å². The predicted octanol–water partition coefficient (Wildman–Crippen LogP) is 2.34. The van der Waals surface area contributed by atoms with E-state index < -0.39 is 11.1 Å². The number of hydrogen-bond donors (Lipinski definition) is 2. The van der Waals surface area contributed by atoms with Crippen molar-refractivity contribution in [2.45, 2.75) is 25.8 Å². The second-order valence-electron chi connectivity index (χ2n) is 3.70. The zero-order valence-corrected chi connectivity index (χ0v) is 10.4. The normalized spacial score (nSPS) is 14.6. The standard InChI is InChI=1S/C12H19NO2S/c1-2-12(11-7-4-3-5-8-11)13-9-6-10-16(14)15/h3-5,7-8,12-13H,2,6,9-10H2,1H3,(H,14,15)/t12-/m0/s1. The van der Waals surface area contributed by atoms with Gasteiger partial charge in [-0.3, -0.25) is 0 Å². The Morgan fingerprint density at radius 3 is 2.62 bits per heavy atom. The van der Waals surface area contributed by atoms with Crippen LogP contribution in [-0.4, -0.2) is 21.1 Å². The number of benzene rings is 1. The SMILES string of the molecule is CC[C@H](NCCCS(=O)O)c1ccccc1. The summed E-state index contributed by atoms with van der Waals surface area (Å²) in [5.41, 5.74) is 1.27. The zero-order valence-electron chi connectivity index (χ0n) is 9.56. The van der Waals surface area contributed by atoms with Crippen LogP contribution in [0, 0.1) is 0 Å². The maximum atomic E-state index is 10.5. The molecule has 0 heterocycles. The number of nitrogens with one attached hydrogen (secondary N) is 1. The van der Waals surface area contributed by atoms with Gasteiger partial charge < -0.3 is 9.87 Å². The van der Waals surface area contributed by atoms with Gasteiger partial charge in [-0.05, 0) is 24.9 Å². The van der Waals surface area contributed by atoms with Crippen molar-refractivity contribution in [1.82, 2.24) is 5.32 Å². The van der Waals surface area contributed by atoms with Crippen molar-refractivity contribution < 1.29 is 8.76 Å². The van der Waals surface area contributed by atoms with Crippen molar-refractivity contribution in [3.05, 3.63) is 35.9 Å². The van der Waals surface area contributed by atoms with Crippen molar-refractivity contribution in [1.29, 1.82) is 0 Å². The highest BCUT2D eigenvalue weighted by Crippen LogP contribution is 2.15. The lowest BCUT2D eigenvalue weighted by Gasteiger charge is -2.17. The summed E-state index contributed by atoms with van der Waals surface area (Å²) in [6, 6.07) is 10.6. The fourth-order valence-electron chi connectivity index (χ4n) is 1.66. The molecule has 16 heavy (non-hydrogen) atoms. The van der Waals surface area contributed by atoms with E-state index in [0.29, 0.717) is 11.8 Å². The van der Waals surface area contributed by atoms with E-state index in [1.54, 1.807) is 0 Å². The van der Waals surface area contributed by atoms with Crippen LogP contribution in [0.25, 0.3) is 0 Å². The van der Waals surface area contributed by atoms with Gasteiger partial charge in [0.15, 0.2) is 11.1 Å². The van der Waals surface area contributed by atoms with Gasteiger partial charge in [-0.2, -0.15) is 0 Å². The molecule has 0 saturated carbocycles. The van der Waals surface area contributed by atoms with Crippen LogP contribution in [0.15, 0.2) is 30.3 Å². The van der Waals surface area contributed by atoms with Crippen molar-refractivity contribution in [2.75, 3.05) is 12.3 Å². The molecule has 2 atom stereocenters. The van der Waals surface area contributed by atoms with Crippen molar-refractivity contribution >= 4 is 11.1 Å². The molecule has 1 aromatic rings. The van der Waals surface area contributed by atoms with Crippen molar-refractivity contribution in [3.63, 3.8) is 0 Å². The molecule has 1 aromatic carbocycles. The van der Waals surface area contributed by atoms with Gasteiger partial charge in [0.25, 0.3) is 0 Å². The number of rotatable bonds is 7. The van der Waals surface area contributed by atoms with Crippen LogP contribution in [0.1, 0.15) is 31.4 Å². The first kappa shape index (κ1) is 13.4. The molecule has 0 spiro atoms. The summed E-state index contributed by atoms with van der Waals surface area (Å²) in [7, 11) is 0. The molecule has 90 valence electrons. The first-order chi connectivity index (χ1) is 7.74. The minimum atomic E-state index is -1.67. The fraction of sp³-hybridized carbons (Fsp3) is 0.500. The van der Waals surface area contributed by atoms with E-state index in [4.69, 9.17) is 4.55 Å². The Hall–Kier alpha value is -0.710. The molecule has 2 N–H and O–H groups in total. The molecule has 0 aliphatic carbocycles. The summed E-state index contributed by atoms with van der Waals surface area (Å²) in [5, 5.41) is 3.40. The van der Waals surface area contributed by atoms with E-state index in [1.165, 1.54) is 5.56 Å². The molecule has 0 bridgehead atoms. The average Bonchev–Trinajstić information content (AvgIpc) is 2.30. The Kier molecular flexibility index (Phi) is 6.30. The van der Waals surface area contributed by atoms with E-state index in [-0.39, 0.29) is 0 Å². The lowest BCUT2D eigenvalue weighted by molar-refractivity contribution is 0.513. The van der Waals surface area contributed by atoms with Crippen LogP contribution in [0.5, 0.6) is 0 Å². The molecule has 0 aromatic heterocycles. The molecule has 4 heteroatoms. The third kappa shape index (κ3) is 4.88. The Labute approximate surface area is 99.5 Å². The van der Waals surface area contributed by atoms with Crippen molar-refractivity contribution in [2.24, 2.45) is 0 Å². The topological polar surface area (TPSA) is 49.3 Å². The smallest absolute Gasteiger partial charge is 0.152 e. The lowest BCUT2D eigenvalue weighted by Crippen LogP contribution is -2.22. The van der Waals surface area contributed by atoms with Gasteiger partial charge in [0.05, 0.1) is 5.75 Å². The maximum absolute atomic E-state index is 10.5. The van der Waals surface area contributed by atoms with Gasteiger partial charge >= 0.3 is 0 Å². The summed E-state index contributed by atoms with van der Waals surface area (Å²) in [6.07, 6.45) is 1.75. The van der Waals surface area contributed by atoms with Gasteiger partial charge in [-0.25, -0.2) is 4.21 Å². The molecular formula is C12H19NO2S. The van der Waals surface area contributed by atoms with E-state index in [2.05, 4.69) is 24.4 Å². The fourth-order valence-corrected chi connectivity index (χ4v) is 2.05. The second kappa shape index (κ2) is 7.54. The lowest BCUT2D eigenvalue weighted by atomic mass is 10.0. The first-order valence-corrected chi connectivity index (χ1v) is 6.87. The molecule has 3 nitrogen and oxygen atoms in total. The Bertz CT molecular complexity index is 316. The number of hydrogen-bond acceptors (Lipinski definition) is 2. The van der Waals surface area contributed by atoms with Gasteiger partial charge in [-0.1, -0.05) is 37.3 Å². The molecule has 1 unspecified atom stereocenters. The van der Waals surface area contributed by atoms with Crippen LogP contribution >= 0.6 is 0 Å². The van der Waals surface area contributed by atoms with Gasteiger partial charge in [-0.15, -0.1) is 0 Å². The largest absolute Gasteiger partial charge is 0.310 e. The summed E-state index contributed by atoms with van der Waals surface area (Å²) in [6.45, 7) is 2.91. The molecule has 0 aliphatic heterocycles. The molecule has 0 amide bonds. The molecular weight excluding hydrogens is 222 g/mol. The predicted molar refractivity (Wildman–Crippen MR) is 67.7 cm³/mol. The van der Waals surface area contributed by atoms with Crippen LogP contribution in [0.3, 0.4) is 0 Å². The van der Waals surface area contributed by atoms with Crippen molar-refractivity contribution in [3.8, 4) is 0 Å². The average molecular weight is 241 g/mol. The zero-order chi connectivity index (χ0) is 11.8. The van der Waals surface area contributed by atoms with E-state index in [9.17, 15) is 4.21 Å². The van der Waals surface area contributed by atoms with Crippen LogP contribution in [0.2, 0.25) is 0 Å². The maximum Gasteiger partial charge on any atom is 0.152 e. The Balaban J connectivity index is 2.35. The molecule has 0 radical (unpaired) electrons.